The summed E-state index contributed by atoms with van der Waals surface area (Å²) in [6.45, 7) is 2.78. The highest BCUT2D eigenvalue weighted by atomic mass is 16.3. The molecule has 5 heteroatoms. The van der Waals surface area contributed by atoms with Crippen molar-refractivity contribution in [1.82, 2.24) is 0 Å². The molecule has 0 heterocycles. The Morgan fingerprint density at radius 1 is 0.926 bits per heavy atom. The van der Waals surface area contributed by atoms with Crippen LogP contribution >= 0.6 is 0 Å². The third-order valence-corrected chi connectivity index (χ3v) is 4.45. The predicted octanol–water partition coefficient (Wildman–Crippen LogP) is 4.02. The minimum absolute atomic E-state index is 0.362. The van der Waals surface area contributed by atoms with E-state index < -0.39 is 12.2 Å². The van der Waals surface area contributed by atoms with E-state index in [1.54, 1.807) is 0 Å². The second-order valence-corrected chi connectivity index (χ2v) is 6.87. The zero-order valence-corrected chi connectivity index (χ0v) is 16.1. The maximum Gasteiger partial charge on any atom is 0.0739 e. The molecule has 2 rings (SSSR count). The molecule has 0 aromatic heterocycles. The maximum absolute atomic E-state index is 10.1. The molecule has 1 radical (unpaired) electrons. The fourth-order valence-corrected chi connectivity index (χ4v) is 2.90. The van der Waals surface area contributed by atoms with Gasteiger partial charge in [-0.15, -0.1) is 0 Å². The first kappa shape index (κ1) is 21.2. The molecule has 0 saturated heterocycles. The van der Waals surface area contributed by atoms with Crippen LogP contribution in [0, 0.1) is 6.04 Å². The molecule has 2 atom stereocenters. The van der Waals surface area contributed by atoms with Gasteiger partial charge in [0.2, 0.25) is 0 Å². The molecule has 5 nitrogen and oxygen atoms in total. The molecule has 0 aliphatic rings. The lowest BCUT2D eigenvalue weighted by Gasteiger charge is -2.20. The smallest absolute Gasteiger partial charge is 0.0739 e. The second-order valence-electron chi connectivity index (χ2n) is 6.87. The van der Waals surface area contributed by atoms with Crippen molar-refractivity contribution in [2.24, 2.45) is 5.73 Å². The van der Waals surface area contributed by atoms with E-state index in [1.807, 2.05) is 61.5 Å². The fraction of sp³-hybridized carbons (Fsp3) is 0.409. The molecule has 0 aliphatic heterocycles. The first-order chi connectivity index (χ1) is 13.1. The molecule has 27 heavy (non-hydrogen) atoms. The molecule has 147 valence electrons. The highest BCUT2D eigenvalue weighted by Gasteiger charge is 2.18. The number of anilines is 3. The number of hydrogen-bond donors (Lipinski definition) is 5. The normalized spacial score (nSPS) is 13.4. The van der Waals surface area contributed by atoms with Crippen molar-refractivity contribution in [1.29, 1.82) is 0 Å². The Kier molecular flexibility index (Phi) is 9.11. The van der Waals surface area contributed by atoms with Crippen LogP contribution in [-0.2, 0) is 0 Å². The summed E-state index contributed by atoms with van der Waals surface area (Å²) < 4.78 is 0. The second kappa shape index (κ2) is 11.6. The Balaban J connectivity index is 1.65. The molecule has 0 amide bonds. The van der Waals surface area contributed by atoms with Gasteiger partial charge in [0.1, 0.15) is 0 Å². The Hall–Kier alpha value is -2.08. The van der Waals surface area contributed by atoms with Crippen LogP contribution in [0.25, 0.3) is 0 Å². The standard InChI is InChI=1S/C22H32N3O2/c1-2-7-22(27)21(23)16-20(26)10-6-15-24-17-11-13-19(14-12-17)25-18-8-4-3-5-9-18/h3-5,8-9,11-14,20,22,24-27H,2,6-7,10,15-16,23H2,1H3. The van der Waals surface area contributed by atoms with Crippen molar-refractivity contribution in [3.05, 3.63) is 60.6 Å². The lowest BCUT2D eigenvalue weighted by Crippen LogP contribution is -2.30. The van der Waals surface area contributed by atoms with Crippen LogP contribution in [0.4, 0.5) is 17.1 Å². The topological polar surface area (TPSA) is 90.5 Å². The first-order valence-electron chi connectivity index (χ1n) is 9.71. The van der Waals surface area contributed by atoms with Crippen LogP contribution in [-0.4, -0.2) is 29.0 Å². The summed E-state index contributed by atoms with van der Waals surface area (Å²) in [5.74, 6) is 0. The third kappa shape index (κ3) is 7.99. The number of aliphatic hydroxyl groups is 2. The Bertz CT molecular complexity index is 634. The minimum atomic E-state index is -0.606. The summed E-state index contributed by atoms with van der Waals surface area (Å²) in [6.07, 6.45) is 2.27. The molecular weight excluding hydrogens is 338 g/mol. The van der Waals surface area contributed by atoms with E-state index in [9.17, 15) is 10.2 Å². The van der Waals surface area contributed by atoms with Crippen LogP contribution < -0.4 is 16.4 Å². The first-order valence-corrected chi connectivity index (χ1v) is 9.71. The van der Waals surface area contributed by atoms with E-state index in [0.717, 1.165) is 36.4 Å². The van der Waals surface area contributed by atoms with Gasteiger partial charge in [-0.05, 0) is 62.1 Å². The van der Waals surface area contributed by atoms with E-state index in [0.29, 0.717) is 25.3 Å². The Morgan fingerprint density at radius 2 is 1.56 bits per heavy atom. The van der Waals surface area contributed by atoms with Crippen LogP contribution in [0.5, 0.6) is 0 Å². The summed E-state index contributed by atoms with van der Waals surface area (Å²) in [7, 11) is 0. The molecule has 2 aromatic rings. The highest BCUT2D eigenvalue weighted by molar-refractivity contribution is 5.62. The molecule has 0 saturated carbocycles. The van der Waals surface area contributed by atoms with Crippen LogP contribution in [0.2, 0.25) is 0 Å². The lowest BCUT2D eigenvalue weighted by molar-refractivity contribution is 0.119. The highest BCUT2D eigenvalue weighted by Crippen LogP contribution is 2.19. The largest absolute Gasteiger partial charge is 0.393 e. The molecule has 0 fully saturated rings. The van der Waals surface area contributed by atoms with E-state index in [-0.39, 0.29) is 0 Å². The number of nitrogens with one attached hydrogen (secondary N) is 2. The van der Waals surface area contributed by atoms with Gasteiger partial charge in [0.25, 0.3) is 0 Å². The van der Waals surface area contributed by atoms with Gasteiger partial charge in [-0.1, -0.05) is 31.5 Å². The van der Waals surface area contributed by atoms with Crippen molar-refractivity contribution in [3.63, 3.8) is 0 Å². The number of para-hydroxylation sites is 1. The van der Waals surface area contributed by atoms with E-state index in [2.05, 4.69) is 10.6 Å². The van der Waals surface area contributed by atoms with Gasteiger partial charge in [0.05, 0.1) is 18.2 Å². The van der Waals surface area contributed by atoms with Crippen molar-refractivity contribution in [2.75, 3.05) is 17.2 Å². The summed E-state index contributed by atoms with van der Waals surface area (Å²) in [6, 6.07) is 18.7. The Labute approximate surface area is 162 Å². The van der Waals surface area contributed by atoms with Crippen molar-refractivity contribution >= 4 is 17.1 Å². The van der Waals surface area contributed by atoms with E-state index in [4.69, 9.17) is 5.73 Å². The zero-order valence-electron chi connectivity index (χ0n) is 16.1. The van der Waals surface area contributed by atoms with E-state index >= 15 is 0 Å². The molecule has 2 aromatic carbocycles. The SMILES string of the molecule is CCCC(O)[C](N)CC(O)CCCNc1ccc(Nc2ccccc2)cc1. The number of rotatable bonds is 12. The summed E-state index contributed by atoms with van der Waals surface area (Å²) in [4.78, 5) is 0. The molecule has 0 spiro atoms. The van der Waals surface area contributed by atoms with Crippen LogP contribution in [0.15, 0.2) is 54.6 Å². The molecule has 0 aliphatic carbocycles. The van der Waals surface area contributed by atoms with Gasteiger partial charge in [-0.2, -0.15) is 0 Å². The van der Waals surface area contributed by atoms with Gasteiger partial charge >= 0.3 is 0 Å². The van der Waals surface area contributed by atoms with E-state index in [1.165, 1.54) is 0 Å². The molecular formula is C22H32N3O2. The predicted molar refractivity (Wildman–Crippen MR) is 113 cm³/mol. The lowest BCUT2D eigenvalue weighted by atomic mass is 9.99. The number of hydrogen-bond acceptors (Lipinski definition) is 5. The van der Waals surface area contributed by atoms with Gasteiger partial charge in [0, 0.05) is 23.6 Å². The third-order valence-electron chi connectivity index (χ3n) is 4.45. The minimum Gasteiger partial charge on any atom is -0.393 e. The fourth-order valence-electron chi connectivity index (χ4n) is 2.90. The quantitative estimate of drug-likeness (QED) is 0.364. The number of benzene rings is 2. The van der Waals surface area contributed by atoms with Gasteiger partial charge in [-0.3, -0.25) is 0 Å². The van der Waals surface area contributed by atoms with Crippen LogP contribution in [0.1, 0.15) is 39.0 Å². The van der Waals surface area contributed by atoms with Gasteiger partial charge < -0.3 is 26.6 Å². The van der Waals surface area contributed by atoms with Crippen molar-refractivity contribution in [3.8, 4) is 0 Å². The molecule has 2 unspecified atom stereocenters. The van der Waals surface area contributed by atoms with Crippen molar-refractivity contribution < 1.29 is 10.2 Å². The van der Waals surface area contributed by atoms with Crippen molar-refractivity contribution in [2.45, 2.75) is 51.2 Å². The van der Waals surface area contributed by atoms with Gasteiger partial charge in [-0.25, -0.2) is 0 Å². The summed E-state index contributed by atoms with van der Waals surface area (Å²) in [5.41, 5.74) is 9.01. The Morgan fingerprint density at radius 3 is 2.22 bits per heavy atom. The average Bonchev–Trinajstić information content (AvgIpc) is 2.67. The monoisotopic (exact) mass is 370 g/mol. The summed E-state index contributed by atoms with van der Waals surface area (Å²) in [5, 5.41) is 26.6. The maximum atomic E-state index is 10.1. The van der Waals surface area contributed by atoms with Crippen LogP contribution in [0.3, 0.4) is 0 Å². The number of aliphatic hydroxyl groups excluding tert-OH is 2. The molecule has 0 bridgehead atoms. The zero-order chi connectivity index (χ0) is 19.5. The summed E-state index contributed by atoms with van der Waals surface area (Å²) >= 11 is 0. The average molecular weight is 371 g/mol. The van der Waals surface area contributed by atoms with Gasteiger partial charge in [0.15, 0.2) is 0 Å². The number of nitrogens with two attached hydrogens (primary N) is 1. The molecule has 6 N–H and O–H groups in total.